The fourth-order valence-electron chi connectivity index (χ4n) is 1.81. The molecule has 7 heteroatoms. The number of carbonyl (C=O) groups is 1. The highest BCUT2D eigenvalue weighted by Gasteiger charge is 2.38. The first-order chi connectivity index (χ1) is 8.89. The fraction of sp³-hybridized carbons (Fsp3) is 0.250. The average Bonchev–Trinajstić information content (AvgIpc) is 2.64. The molecule has 2 rings (SSSR count). The maximum Gasteiger partial charge on any atom is 0.471 e. The van der Waals surface area contributed by atoms with Gasteiger partial charge in [-0.15, -0.1) is 0 Å². The number of carbonyl (C=O) groups excluding carboxylic acids is 1. The van der Waals surface area contributed by atoms with Crippen LogP contribution in [0.15, 0.2) is 24.3 Å². The van der Waals surface area contributed by atoms with Crippen molar-refractivity contribution in [3.05, 3.63) is 35.0 Å². The van der Waals surface area contributed by atoms with Crippen LogP contribution in [0.5, 0.6) is 0 Å². The molecule has 1 aromatic carbocycles. The Bertz CT molecular complexity index is 607. The van der Waals surface area contributed by atoms with Gasteiger partial charge in [-0.2, -0.15) is 13.2 Å². The van der Waals surface area contributed by atoms with Gasteiger partial charge in [0, 0.05) is 17.4 Å². The predicted molar refractivity (Wildman–Crippen MR) is 66.1 cm³/mol. The second kappa shape index (κ2) is 5.13. The van der Waals surface area contributed by atoms with Crippen LogP contribution < -0.4 is 5.32 Å². The smallest absolute Gasteiger partial charge is 0.348 e. The van der Waals surface area contributed by atoms with E-state index in [4.69, 9.17) is 11.6 Å². The van der Waals surface area contributed by atoms with Crippen molar-refractivity contribution in [1.29, 1.82) is 0 Å². The van der Waals surface area contributed by atoms with E-state index >= 15 is 0 Å². The molecule has 1 amide bonds. The van der Waals surface area contributed by atoms with Gasteiger partial charge in [0.2, 0.25) is 0 Å². The Balaban J connectivity index is 2.06. The number of rotatable bonds is 3. The minimum Gasteiger partial charge on any atom is -0.348 e. The molecular formula is C12H10ClF3N2O. The first kappa shape index (κ1) is 13.7. The maximum atomic E-state index is 12.0. The van der Waals surface area contributed by atoms with Gasteiger partial charge in [-0.1, -0.05) is 29.8 Å². The van der Waals surface area contributed by atoms with Gasteiger partial charge in [0.15, 0.2) is 0 Å². The molecule has 0 aliphatic heterocycles. The Morgan fingerprint density at radius 3 is 2.68 bits per heavy atom. The monoisotopic (exact) mass is 290 g/mol. The van der Waals surface area contributed by atoms with Crippen molar-refractivity contribution in [2.45, 2.75) is 12.6 Å². The van der Waals surface area contributed by atoms with E-state index in [2.05, 4.69) is 4.98 Å². The Morgan fingerprint density at radius 2 is 2.00 bits per heavy atom. The molecule has 2 N–H and O–H groups in total. The number of nitrogens with one attached hydrogen (secondary N) is 2. The summed E-state index contributed by atoms with van der Waals surface area (Å²) in [6, 6.07) is 7.27. The van der Waals surface area contributed by atoms with E-state index in [1.165, 1.54) is 0 Å². The van der Waals surface area contributed by atoms with E-state index in [9.17, 15) is 18.0 Å². The summed E-state index contributed by atoms with van der Waals surface area (Å²) in [5.41, 5.74) is 1.50. The van der Waals surface area contributed by atoms with Crippen molar-refractivity contribution >= 4 is 28.4 Å². The van der Waals surface area contributed by atoms with Gasteiger partial charge >= 0.3 is 12.1 Å². The van der Waals surface area contributed by atoms with Gasteiger partial charge in [0.05, 0.1) is 0 Å². The zero-order valence-electron chi connectivity index (χ0n) is 9.64. The Hall–Kier alpha value is -1.69. The Kier molecular flexibility index (Phi) is 3.71. The first-order valence-corrected chi connectivity index (χ1v) is 5.87. The third-order valence-electron chi connectivity index (χ3n) is 2.68. The predicted octanol–water partition coefficient (Wildman–Crippen LogP) is 3.04. The number of aromatic amines is 1. The van der Waals surface area contributed by atoms with E-state index in [0.717, 1.165) is 10.9 Å². The summed E-state index contributed by atoms with van der Waals surface area (Å²) in [6.45, 7) is -0.125. The molecule has 0 saturated carbocycles. The van der Waals surface area contributed by atoms with E-state index in [1.807, 2.05) is 29.6 Å². The number of amides is 1. The zero-order valence-corrected chi connectivity index (χ0v) is 10.4. The maximum absolute atomic E-state index is 12.0. The lowest BCUT2D eigenvalue weighted by molar-refractivity contribution is -0.173. The number of para-hydroxylation sites is 1. The Labute approximate surface area is 111 Å². The molecule has 2 aromatic rings. The molecule has 0 aliphatic rings. The van der Waals surface area contributed by atoms with Crippen molar-refractivity contribution < 1.29 is 18.0 Å². The SMILES string of the molecule is O=C(NCCc1c(Cl)[nH]c2ccccc12)C(F)(F)F. The minimum atomic E-state index is -4.86. The summed E-state index contributed by atoms with van der Waals surface area (Å²) < 4.78 is 36.0. The molecule has 19 heavy (non-hydrogen) atoms. The average molecular weight is 291 g/mol. The molecule has 0 unspecified atom stereocenters. The lowest BCUT2D eigenvalue weighted by Gasteiger charge is -2.07. The topological polar surface area (TPSA) is 44.9 Å². The molecule has 3 nitrogen and oxygen atoms in total. The van der Waals surface area contributed by atoms with Crippen LogP contribution in [0, 0.1) is 0 Å². The molecule has 0 spiro atoms. The molecule has 0 fully saturated rings. The van der Waals surface area contributed by atoms with E-state index in [-0.39, 0.29) is 13.0 Å². The van der Waals surface area contributed by atoms with Crippen LogP contribution in [0.4, 0.5) is 13.2 Å². The van der Waals surface area contributed by atoms with Crippen LogP contribution >= 0.6 is 11.6 Å². The molecule has 1 aromatic heterocycles. The molecule has 0 saturated heterocycles. The van der Waals surface area contributed by atoms with E-state index in [0.29, 0.717) is 10.7 Å². The highest BCUT2D eigenvalue weighted by molar-refractivity contribution is 6.31. The summed E-state index contributed by atoms with van der Waals surface area (Å²) in [5, 5.41) is 3.04. The Morgan fingerprint density at radius 1 is 1.32 bits per heavy atom. The van der Waals surface area contributed by atoms with Gasteiger partial charge < -0.3 is 10.3 Å². The molecule has 1 heterocycles. The second-order valence-corrected chi connectivity index (χ2v) is 4.34. The standard InChI is InChI=1S/C12H10ClF3N2O/c13-10-8(5-6-17-11(19)12(14,15)16)7-3-1-2-4-9(7)18-10/h1-4,18H,5-6H2,(H,17,19). The summed E-state index contributed by atoms with van der Waals surface area (Å²) >= 11 is 5.98. The minimum absolute atomic E-state index is 0.125. The van der Waals surface area contributed by atoms with Crippen LogP contribution in [0.25, 0.3) is 10.9 Å². The van der Waals surface area contributed by atoms with Crippen LogP contribution in [0.1, 0.15) is 5.56 Å². The van der Waals surface area contributed by atoms with Crippen molar-refractivity contribution in [2.75, 3.05) is 6.54 Å². The van der Waals surface area contributed by atoms with E-state index < -0.39 is 12.1 Å². The molecule has 0 aliphatic carbocycles. The summed E-state index contributed by atoms with van der Waals surface area (Å²) in [7, 11) is 0. The van der Waals surface area contributed by atoms with Crippen LogP contribution in [0.3, 0.4) is 0 Å². The molecule has 0 radical (unpaired) electrons. The summed E-state index contributed by atoms with van der Waals surface area (Å²) in [5.74, 6) is -1.94. The van der Waals surface area contributed by atoms with Gasteiger partial charge in [0.25, 0.3) is 0 Å². The van der Waals surface area contributed by atoms with Gasteiger partial charge in [-0.25, -0.2) is 0 Å². The lowest BCUT2D eigenvalue weighted by Crippen LogP contribution is -2.37. The van der Waals surface area contributed by atoms with Crippen molar-refractivity contribution in [1.82, 2.24) is 10.3 Å². The normalized spacial score (nSPS) is 11.8. The van der Waals surface area contributed by atoms with Crippen LogP contribution in [-0.4, -0.2) is 23.6 Å². The quantitative estimate of drug-likeness (QED) is 0.896. The highest BCUT2D eigenvalue weighted by atomic mass is 35.5. The lowest BCUT2D eigenvalue weighted by atomic mass is 10.1. The third-order valence-corrected chi connectivity index (χ3v) is 3.00. The fourth-order valence-corrected chi connectivity index (χ4v) is 2.11. The molecule has 0 bridgehead atoms. The summed E-state index contributed by atoms with van der Waals surface area (Å²) in [6.07, 6.45) is -4.63. The first-order valence-electron chi connectivity index (χ1n) is 5.49. The van der Waals surface area contributed by atoms with Crippen LogP contribution in [-0.2, 0) is 11.2 Å². The van der Waals surface area contributed by atoms with Gasteiger partial charge in [0.1, 0.15) is 5.15 Å². The number of aromatic nitrogens is 1. The van der Waals surface area contributed by atoms with Gasteiger partial charge in [-0.3, -0.25) is 4.79 Å². The van der Waals surface area contributed by atoms with Crippen LogP contribution in [0.2, 0.25) is 5.15 Å². The number of H-pyrrole nitrogens is 1. The van der Waals surface area contributed by atoms with Crippen molar-refractivity contribution in [3.63, 3.8) is 0 Å². The molecule has 0 atom stereocenters. The van der Waals surface area contributed by atoms with Gasteiger partial charge in [-0.05, 0) is 18.1 Å². The number of hydrogen-bond donors (Lipinski definition) is 2. The molecule has 102 valence electrons. The number of halogens is 4. The number of fused-ring (bicyclic) bond motifs is 1. The van der Waals surface area contributed by atoms with Crippen molar-refractivity contribution in [3.8, 4) is 0 Å². The number of benzene rings is 1. The highest BCUT2D eigenvalue weighted by Crippen LogP contribution is 2.26. The van der Waals surface area contributed by atoms with Crippen molar-refractivity contribution in [2.24, 2.45) is 0 Å². The third kappa shape index (κ3) is 3.01. The second-order valence-electron chi connectivity index (χ2n) is 3.97. The zero-order chi connectivity index (χ0) is 14.0. The largest absolute Gasteiger partial charge is 0.471 e. The summed E-state index contributed by atoms with van der Waals surface area (Å²) in [4.78, 5) is 13.6. The number of hydrogen-bond acceptors (Lipinski definition) is 1. The number of alkyl halides is 3. The van der Waals surface area contributed by atoms with E-state index in [1.54, 1.807) is 0 Å². The molecular weight excluding hydrogens is 281 g/mol.